The number of carbonyl (C=O) groups is 2. The molecule has 1 unspecified atom stereocenters. The number of hydrogen-bond acceptors (Lipinski definition) is 8. The van der Waals surface area contributed by atoms with E-state index in [-0.39, 0.29) is 28.2 Å². The van der Waals surface area contributed by atoms with Crippen LogP contribution < -0.4 is 21.5 Å². The van der Waals surface area contributed by atoms with Gasteiger partial charge in [0, 0.05) is 35.4 Å². The molecule has 5 N–H and O–H groups in total. The Kier molecular flexibility index (Phi) is 9.02. The van der Waals surface area contributed by atoms with Crippen LogP contribution in [0.5, 0.6) is 0 Å². The van der Waals surface area contributed by atoms with Gasteiger partial charge in [0.25, 0.3) is 5.56 Å². The average Bonchev–Trinajstić information content (AvgIpc) is 3.86. The van der Waals surface area contributed by atoms with E-state index in [4.69, 9.17) is 4.74 Å². The number of carboxylic acids is 1. The molecular formula is C32H34N4O7S. The molecule has 0 spiro atoms. The van der Waals surface area contributed by atoms with Crippen LogP contribution in [0.4, 0.5) is 16.2 Å². The van der Waals surface area contributed by atoms with Gasteiger partial charge in [0.05, 0.1) is 16.8 Å². The summed E-state index contributed by atoms with van der Waals surface area (Å²) < 4.78 is 31.0. The number of rotatable bonds is 12. The molecule has 1 aromatic heterocycles. The largest absolute Gasteiger partial charge is 0.479 e. The van der Waals surface area contributed by atoms with E-state index in [9.17, 15) is 27.9 Å². The number of fused-ring (bicyclic) bond motifs is 1. The lowest BCUT2D eigenvalue weighted by molar-refractivity contribution is -0.138. The van der Waals surface area contributed by atoms with Crippen LogP contribution in [0, 0.1) is 0 Å². The van der Waals surface area contributed by atoms with Crippen LogP contribution >= 0.6 is 0 Å². The zero-order valence-electron chi connectivity index (χ0n) is 24.3. The minimum Gasteiger partial charge on any atom is -0.479 e. The molecule has 0 bridgehead atoms. The maximum absolute atomic E-state index is 12.8. The molecule has 2 atom stereocenters. The first kappa shape index (κ1) is 30.8. The fourth-order valence-corrected chi connectivity index (χ4v) is 6.89. The Morgan fingerprint density at radius 2 is 1.70 bits per heavy atom. The Morgan fingerprint density at radius 1 is 1.00 bits per heavy atom. The van der Waals surface area contributed by atoms with Crippen molar-refractivity contribution in [1.29, 1.82) is 0 Å². The number of amides is 1. The highest BCUT2D eigenvalue weighted by molar-refractivity contribution is 7.92. The lowest BCUT2D eigenvalue weighted by Gasteiger charge is -2.18. The topological polar surface area (TPSA) is 167 Å². The van der Waals surface area contributed by atoms with E-state index in [1.165, 1.54) is 6.07 Å². The molecule has 4 aromatic rings. The van der Waals surface area contributed by atoms with E-state index in [0.717, 1.165) is 10.9 Å². The molecule has 0 aliphatic heterocycles. The SMILES string of the molecule is CNCc1cc(NC(=O)OC[C@H](C)c2ccc(C(Nc3ccc4cc[nH]c(=O)c4c3)C(=O)O)cc2)ccc1S(=O)(=O)C1CC1. The van der Waals surface area contributed by atoms with E-state index in [2.05, 4.69) is 20.9 Å². The molecule has 230 valence electrons. The van der Waals surface area contributed by atoms with Gasteiger partial charge in [-0.3, -0.25) is 10.1 Å². The monoisotopic (exact) mass is 618 g/mol. The minimum absolute atomic E-state index is 0.0644. The third kappa shape index (κ3) is 6.92. The summed E-state index contributed by atoms with van der Waals surface area (Å²) in [6, 6.07) is 17.5. The van der Waals surface area contributed by atoms with Crippen molar-refractivity contribution in [3.05, 3.63) is 100.0 Å². The number of aromatic amines is 1. The number of anilines is 2. The second kappa shape index (κ2) is 12.9. The number of aliphatic carboxylic acids is 1. The number of ether oxygens (including phenoxy) is 1. The summed E-state index contributed by atoms with van der Waals surface area (Å²) in [7, 11) is -1.66. The normalized spacial score (nSPS) is 14.5. The van der Waals surface area contributed by atoms with Crippen LogP contribution in [0.1, 0.15) is 48.4 Å². The molecule has 1 aliphatic carbocycles. The fourth-order valence-electron chi connectivity index (χ4n) is 5.02. The standard InChI is InChI=1S/C32H34N4O7S/c1-19(18-43-32(40)36-24-9-12-28(23(15-24)17-33-2)44(41,42)26-10-11-26)20-3-5-22(6-4-20)29(31(38)39)35-25-8-7-21-13-14-34-30(37)27(21)16-25/h3-9,12-16,19,26,29,33,35H,10-11,17-18H2,1-2H3,(H,34,37)(H,36,40)(H,38,39)/t19-,29?/m0/s1. The average molecular weight is 619 g/mol. The van der Waals surface area contributed by atoms with Gasteiger partial charge in [-0.1, -0.05) is 37.3 Å². The number of carboxylic acid groups (broad SMARTS) is 1. The lowest BCUT2D eigenvalue weighted by atomic mass is 9.98. The van der Waals surface area contributed by atoms with E-state index >= 15 is 0 Å². The van der Waals surface area contributed by atoms with Crippen LogP contribution in [0.2, 0.25) is 0 Å². The van der Waals surface area contributed by atoms with Crippen molar-refractivity contribution in [2.45, 2.75) is 48.4 Å². The van der Waals surface area contributed by atoms with E-state index < -0.39 is 27.9 Å². The number of hydrogen-bond donors (Lipinski definition) is 5. The first-order valence-electron chi connectivity index (χ1n) is 14.2. The minimum atomic E-state index is -3.39. The molecule has 12 heteroatoms. The molecule has 0 radical (unpaired) electrons. The lowest BCUT2D eigenvalue weighted by Crippen LogP contribution is -2.21. The van der Waals surface area contributed by atoms with Crippen LogP contribution in [0.15, 0.2) is 82.6 Å². The van der Waals surface area contributed by atoms with Crippen molar-refractivity contribution in [2.75, 3.05) is 24.3 Å². The molecule has 5 rings (SSSR count). The summed E-state index contributed by atoms with van der Waals surface area (Å²) in [6.45, 7) is 2.28. The molecule has 0 saturated heterocycles. The predicted molar refractivity (Wildman–Crippen MR) is 168 cm³/mol. The zero-order valence-corrected chi connectivity index (χ0v) is 25.1. The van der Waals surface area contributed by atoms with Gasteiger partial charge in [0.2, 0.25) is 0 Å². The van der Waals surface area contributed by atoms with Crippen LogP contribution in [0.3, 0.4) is 0 Å². The van der Waals surface area contributed by atoms with E-state index in [1.807, 2.05) is 6.92 Å². The number of H-pyrrole nitrogens is 1. The number of aromatic nitrogens is 1. The van der Waals surface area contributed by atoms with Gasteiger partial charge in [0.15, 0.2) is 15.9 Å². The highest BCUT2D eigenvalue weighted by Crippen LogP contribution is 2.35. The van der Waals surface area contributed by atoms with Crippen molar-refractivity contribution >= 4 is 44.0 Å². The van der Waals surface area contributed by atoms with Gasteiger partial charge in [-0.2, -0.15) is 0 Å². The Morgan fingerprint density at radius 3 is 2.39 bits per heavy atom. The summed E-state index contributed by atoms with van der Waals surface area (Å²) in [5.74, 6) is -1.27. The fraction of sp³-hybridized carbons (Fsp3) is 0.281. The molecule has 1 fully saturated rings. The second-order valence-electron chi connectivity index (χ2n) is 10.9. The molecule has 11 nitrogen and oxygen atoms in total. The second-order valence-corrected chi connectivity index (χ2v) is 13.1. The van der Waals surface area contributed by atoms with Gasteiger partial charge < -0.3 is 25.5 Å². The van der Waals surface area contributed by atoms with Crippen molar-refractivity contribution < 1.29 is 27.9 Å². The number of sulfone groups is 1. The molecule has 1 heterocycles. The molecule has 1 amide bonds. The Labute approximate surface area is 254 Å². The summed E-state index contributed by atoms with van der Waals surface area (Å²) in [5.41, 5.74) is 2.59. The molecular weight excluding hydrogens is 584 g/mol. The van der Waals surface area contributed by atoms with Crippen molar-refractivity contribution in [1.82, 2.24) is 10.3 Å². The van der Waals surface area contributed by atoms with E-state index in [0.29, 0.717) is 47.3 Å². The number of benzene rings is 3. The summed E-state index contributed by atoms with van der Waals surface area (Å²) in [4.78, 5) is 39.7. The quantitative estimate of drug-likeness (QED) is 0.150. The first-order valence-corrected chi connectivity index (χ1v) is 15.8. The zero-order chi connectivity index (χ0) is 31.4. The first-order chi connectivity index (χ1) is 21.1. The maximum Gasteiger partial charge on any atom is 0.411 e. The van der Waals surface area contributed by atoms with Crippen LogP contribution in [0.25, 0.3) is 10.8 Å². The van der Waals surface area contributed by atoms with E-state index in [1.54, 1.807) is 73.9 Å². The summed E-state index contributed by atoms with van der Waals surface area (Å²) in [5, 5.41) is 19.4. The Bertz CT molecular complexity index is 1850. The highest BCUT2D eigenvalue weighted by Gasteiger charge is 2.38. The van der Waals surface area contributed by atoms with Crippen molar-refractivity contribution in [3.8, 4) is 0 Å². The third-order valence-electron chi connectivity index (χ3n) is 7.58. The third-order valence-corrected chi connectivity index (χ3v) is 9.94. The van der Waals surface area contributed by atoms with Gasteiger partial charge >= 0.3 is 12.1 Å². The molecule has 1 saturated carbocycles. The number of pyridine rings is 1. The van der Waals surface area contributed by atoms with Crippen LogP contribution in [-0.2, 0) is 25.9 Å². The summed E-state index contributed by atoms with van der Waals surface area (Å²) in [6.07, 6.45) is 2.22. The smallest absolute Gasteiger partial charge is 0.411 e. The maximum atomic E-state index is 12.8. The molecule has 44 heavy (non-hydrogen) atoms. The van der Waals surface area contributed by atoms with Crippen molar-refractivity contribution in [3.63, 3.8) is 0 Å². The van der Waals surface area contributed by atoms with Gasteiger partial charge in [0.1, 0.15) is 0 Å². The predicted octanol–water partition coefficient (Wildman–Crippen LogP) is 4.77. The molecule has 3 aromatic carbocycles. The Hall–Kier alpha value is -4.68. The Balaban J connectivity index is 1.20. The van der Waals surface area contributed by atoms with Crippen LogP contribution in [-0.4, -0.2) is 49.5 Å². The van der Waals surface area contributed by atoms with Gasteiger partial charge in [-0.25, -0.2) is 18.0 Å². The van der Waals surface area contributed by atoms with Gasteiger partial charge in [-0.05, 0) is 78.4 Å². The molecule has 1 aliphatic rings. The van der Waals surface area contributed by atoms with Gasteiger partial charge in [-0.15, -0.1) is 0 Å². The number of carbonyl (C=O) groups excluding carboxylic acids is 1. The highest BCUT2D eigenvalue weighted by atomic mass is 32.2. The summed E-state index contributed by atoms with van der Waals surface area (Å²) >= 11 is 0. The number of nitrogens with one attached hydrogen (secondary N) is 4. The van der Waals surface area contributed by atoms with Crippen molar-refractivity contribution in [2.24, 2.45) is 0 Å².